The van der Waals surface area contributed by atoms with Crippen molar-refractivity contribution in [2.75, 3.05) is 13.6 Å². The Labute approximate surface area is 88.1 Å². The van der Waals surface area contributed by atoms with Gasteiger partial charge in [0.25, 0.3) is 0 Å². The van der Waals surface area contributed by atoms with Gasteiger partial charge in [-0.05, 0) is 39.5 Å². The normalized spacial score (nSPS) is 36.4. The van der Waals surface area contributed by atoms with E-state index in [1.54, 1.807) is 0 Å². The minimum Gasteiger partial charge on any atom is -0.662 e. The van der Waals surface area contributed by atoms with Gasteiger partial charge in [-0.25, -0.2) is 0 Å². The van der Waals surface area contributed by atoms with Crippen LogP contribution in [0, 0.1) is 5.92 Å². The molecule has 0 spiro atoms. The SMILES string of the molecule is C[N-]C1CC2CCC1CN2C(C)(C)C.[Rf]. The summed E-state index contributed by atoms with van der Waals surface area (Å²) < 4.78 is 0. The molecule has 1 saturated carbocycles. The zero-order chi connectivity index (χ0) is 10.3. The van der Waals surface area contributed by atoms with Crippen LogP contribution in [0.15, 0.2) is 0 Å². The fourth-order valence-corrected chi connectivity index (χ4v) is 3.22. The molecule has 1 aliphatic carbocycles. The predicted octanol–water partition coefficient (Wildman–Crippen LogP) is 2.64. The number of rotatable bonds is 1. The van der Waals surface area contributed by atoms with Crippen molar-refractivity contribution in [3.8, 4) is 0 Å². The fraction of sp³-hybridized carbons (Fsp3) is 1.00. The molecular formula is C12H23N2Rf-. The van der Waals surface area contributed by atoms with Crippen molar-refractivity contribution in [1.82, 2.24) is 4.90 Å². The van der Waals surface area contributed by atoms with Gasteiger partial charge in [0.05, 0.1) is 0 Å². The molecule has 3 aliphatic rings. The van der Waals surface area contributed by atoms with Gasteiger partial charge in [-0.15, -0.1) is 6.04 Å². The quantitative estimate of drug-likeness (QED) is 0.586. The van der Waals surface area contributed by atoms with Gasteiger partial charge in [0.1, 0.15) is 0 Å². The first-order valence-corrected chi connectivity index (χ1v) is 5.88. The van der Waals surface area contributed by atoms with Crippen LogP contribution in [0.5, 0.6) is 0 Å². The van der Waals surface area contributed by atoms with Gasteiger partial charge in [0.2, 0.25) is 0 Å². The molecule has 2 nitrogen and oxygen atoms in total. The molecule has 3 fully saturated rings. The van der Waals surface area contributed by atoms with E-state index in [0.29, 0.717) is 11.6 Å². The summed E-state index contributed by atoms with van der Waals surface area (Å²) in [5, 5.41) is 4.52. The van der Waals surface area contributed by atoms with E-state index in [2.05, 4.69) is 31.0 Å². The van der Waals surface area contributed by atoms with Crippen LogP contribution in [0.3, 0.4) is 0 Å². The summed E-state index contributed by atoms with van der Waals surface area (Å²) in [5.41, 5.74) is 0.349. The zero-order valence-corrected chi connectivity index (χ0v) is 17.1. The van der Waals surface area contributed by atoms with Crippen LogP contribution in [0.25, 0.3) is 5.32 Å². The van der Waals surface area contributed by atoms with Gasteiger partial charge in [0.15, 0.2) is 0 Å². The van der Waals surface area contributed by atoms with Crippen LogP contribution in [0.1, 0.15) is 40.0 Å². The van der Waals surface area contributed by atoms with E-state index in [-0.39, 0.29) is 0 Å². The van der Waals surface area contributed by atoms with Crippen molar-refractivity contribution in [2.24, 2.45) is 5.92 Å². The molecule has 0 N–H and O–H groups in total. The molecule has 15 heavy (non-hydrogen) atoms. The van der Waals surface area contributed by atoms with E-state index in [0.717, 1.165) is 12.0 Å². The molecule has 0 aromatic rings. The molecule has 3 rings (SSSR count). The smallest absolute Gasteiger partial charge is 0.0128 e. The minimum absolute atomic E-state index is 0. The van der Waals surface area contributed by atoms with Crippen LogP contribution < -0.4 is 0 Å². The van der Waals surface area contributed by atoms with Crippen molar-refractivity contribution < 1.29 is 0 Å². The summed E-state index contributed by atoms with van der Waals surface area (Å²) in [7, 11) is 1.99. The summed E-state index contributed by atoms with van der Waals surface area (Å²) in [6.45, 7) is 8.29. The number of hydrogen-bond acceptors (Lipinski definition) is 1. The van der Waals surface area contributed by atoms with Gasteiger partial charge in [-0.3, -0.25) is 4.90 Å². The van der Waals surface area contributed by atoms with Crippen molar-refractivity contribution in [3.63, 3.8) is 0 Å². The molecule has 2 bridgehead atoms. The molecule has 3 atom stereocenters. The Morgan fingerprint density at radius 3 is 2.27 bits per heavy atom. The van der Waals surface area contributed by atoms with E-state index < -0.39 is 0 Å². The third kappa shape index (κ3) is 1.98. The number of piperidine rings is 2. The van der Waals surface area contributed by atoms with E-state index in [1.165, 1.54) is 25.8 Å². The second-order valence-electron chi connectivity index (χ2n) is 5.88. The Morgan fingerprint density at radius 1 is 1.20 bits per heavy atom. The van der Waals surface area contributed by atoms with Crippen LogP contribution in [-0.2, 0) is 0 Å². The number of nitrogens with zero attached hydrogens (tertiary/aromatic N) is 2. The number of hydrogen-bond donors (Lipinski definition) is 0. The van der Waals surface area contributed by atoms with Gasteiger partial charge >= 0.3 is 0 Å². The molecule has 2 saturated heterocycles. The standard InChI is InChI=1S/C12H23N2.Rf/c1-12(2,3)14-8-9-5-6-10(14)7-11(9)13-4;/h9-11H,5-8H2,1-4H3;/q-1;. The third-order valence-corrected chi connectivity index (χ3v) is 3.99. The Bertz CT molecular complexity index is 212. The second-order valence-corrected chi connectivity index (χ2v) is 5.88. The maximum Gasteiger partial charge on any atom is 0.0128 e. The van der Waals surface area contributed by atoms with Crippen LogP contribution in [0.2, 0.25) is 0 Å². The van der Waals surface area contributed by atoms with E-state index in [1.807, 2.05) is 7.05 Å². The average Bonchev–Trinajstić information content (AvgIpc) is 2.17. The first-order chi connectivity index (χ1) is 6.52. The first-order valence-electron chi connectivity index (χ1n) is 5.88. The minimum atomic E-state index is 0. The Hall–Kier alpha value is -1.08. The van der Waals surface area contributed by atoms with Crippen LogP contribution >= 0.6 is 0 Å². The molecule has 3 heteroatoms. The second kappa shape index (κ2) is 3.82. The zero-order valence-electron chi connectivity index (χ0n) is 10.7. The van der Waals surface area contributed by atoms with Gasteiger partial charge in [-0.2, -0.15) is 7.05 Å². The van der Waals surface area contributed by atoms with E-state index >= 15 is 0 Å². The maximum atomic E-state index is 4.52. The van der Waals surface area contributed by atoms with Gasteiger partial charge in [0, 0.05) is 18.1 Å². The topological polar surface area (TPSA) is 17.3 Å². The summed E-state index contributed by atoms with van der Waals surface area (Å²) in [4.78, 5) is 2.70. The third-order valence-electron chi connectivity index (χ3n) is 3.99. The molecule has 0 aromatic carbocycles. The average molecular weight is 462 g/mol. The molecule has 0 amide bonds. The summed E-state index contributed by atoms with van der Waals surface area (Å²) in [6, 6.07) is 1.46. The van der Waals surface area contributed by atoms with Gasteiger partial charge < -0.3 is 5.32 Å². The molecule has 2 aliphatic heterocycles. The maximum absolute atomic E-state index is 4.52. The molecule has 0 radical (unpaired) electrons. The first kappa shape index (κ1) is 12.0. The predicted molar refractivity (Wildman–Crippen MR) is 60.7 cm³/mol. The van der Waals surface area contributed by atoms with Gasteiger partial charge in [-0.1, -0.05) is 6.42 Å². The van der Waals surface area contributed by atoms with Crippen LogP contribution in [0.4, 0.5) is 0 Å². The molecule has 2 heterocycles. The van der Waals surface area contributed by atoms with E-state index in [4.69, 9.17) is 0 Å². The molecule has 84 valence electrons. The Balaban J connectivity index is 0.00000112. The molecule has 0 aromatic heterocycles. The fourth-order valence-electron chi connectivity index (χ4n) is 3.22. The van der Waals surface area contributed by atoms with Crippen molar-refractivity contribution in [3.05, 3.63) is 5.32 Å². The summed E-state index contributed by atoms with van der Waals surface area (Å²) in [6.07, 6.45) is 4.10. The van der Waals surface area contributed by atoms with Crippen molar-refractivity contribution in [1.29, 1.82) is 0 Å². The number of fused-ring (bicyclic) bond motifs is 3. The van der Waals surface area contributed by atoms with Crippen molar-refractivity contribution in [2.45, 2.75) is 57.7 Å². The summed E-state index contributed by atoms with van der Waals surface area (Å²) in [5.74, 6) is 0.837. The Morgan fingerprint density at radius 2 is 1.87 bits per heavy atom. The van der Waals surface area contributed by atoms with Crippen LogP contribution in [-0.4, -0.2) is 36.1 Å². The van der Waals surface area contributed by atoms with E-state index in [9.17, 15) is 0 Å². The largest absolute Gasteiger partial charge is 0.662 e. The summed E-state index contributed by atoms with van der Waals surface area (Å²) >= 11 is 0. The molecule has 3 unspecified atom stereocenters. The van der Waals surface area contributed by atoms with Crippen molar-refractivity contribution >= 4 is 0 Å². The Kier molecular flexibility index (Phi) is 3.05. The molecular weight excluding hydrogens is 439 g/mol. The monoisotopic (exact) mass is 462 g/mol.